The molecule has 0 amide bonds. The van der Waals surface area contributed by atoms with Gasteiger partial charge < -0.3 is 30.3 Å². The third-order valence-corrected chi connectivity index (χ3v) is 0.493. The van der Waals surface area contributed by atoms with Crippen LogP contribution in [0.2, 0.25) is 0 Å². The zero-order valence-electron chi connectivity index (χ0n) is 5.92. The van der Waals surface area contributed by atoms with Crippen molar-refractivity contribution in [1.82, 2.24) is 0 Å². The van der Waals surface area contributed by atoms with Crippen molar-refractivity contribution in [3.8, 4) is 0 Å². The maximum Gasteiger partial charge on any atom is 2.00 e. The molecule has 0 saturated carbocycles. The number of hydrogen-bond acceptors (Lipinski definition) is 0. The van der Waals surface area contributed by atoms with Crippen molar-refractivity contribution >= 4 is 10.1 Å². The van der Waals surface area contributed by atoms with E-state index in [4.69, 9.17) is 0 Å². The van der Waals surface area contributed by atoms with E-state index in [1.807, 2.05) is 6.92 Å². The van der Waals surface area contributed by atoms with Crippen LogP contribution in [-0.4, -0.2) is 22.7 Å². The molecule has 0 spiro atoms. The van der Waals surface area contributed by atoms with Crippen molar-refractivity contribution in [2.24, 2.45) is 0 Å². The van der Waals surface area contributed by atoms with E-state index in [9.17, 15) is 0 Å². The van der Waals surface area contributed by atoms with Crippen LogP contribution in [0.3, 0.4) is 0 Å². The molecule has 0 unspecified atom stereocenters. The Bertz CT molecular complexity index is 32.5. The topological polar surface area (TPSA) is 55.3 Å². The second-order valence-corrected chi connectivity index (χ2v) is 1.39. The average molecular weight is 161 g/mol. The first-order valence-electron chi connectivity index (χ1n) is 1.89. The van der Waals surface area contributed by atoms with Gasteiger partial charge >= 0.3 is 10.1 Å². The minimum absolute atomic E-state index is 0. The molecule has 0 bridgehead atoms. The fraction of sp³-hybridized carbons (Fsp3) is 1.00. The summed E-state index contributed by atoms with van der Waals surface area (Å²) in [5.74, 6) is 0. The van der Waals surface area contributed by atoms with Crippen molar-refractivity contribution in [3.63, 3.8) is 0 Å². The van der Waals surface area contributed by atoms with Crippen molar-refractivity contribution in [2.75, 3.05) is 6.54 Å². The molecular formula is C3H12BeF4N2. The van der Waals surface area contributed by atoms with Crippen molar-refractivity contribution in [3.05, 3.63) is 0 Å². The van der Waals surface area contributed by atoms with Crippen molar-refractivity contribution in [2.45, 2.75) is 13.0 Å². The quantitative estimate of drug-likeness (QED) is 0.283. The minimum atomic E-state index is 0. The van der Waals surface area contributed by atoms with Gasteiger partial charge in [-0.1, -0.05) is 0 Å². The first kappa shape index (κ1) is 52.5. The first-order valence-corrected chi connectivity index (χ1v) is 1.89. The summed E-state index contributed by atoms with van der Waals surface area (Å²) in [6.07, 6.45) is 0. The van der Waals surface area contributed by atoms with Gasteiger partial charge in [-0.05, 0) is 6.92 Å². The van der Waals surface area contributed by atoms with Gasteiger partial charge in [0.1, 0.15) is 12.6 Å². The summed E-state index contributed by atoms with van der Waals surface area (Å²) in [4.78, 5) is 0. The molecule has 0 aromatic carbocycles. The number of hydrogen-bond donors (Lipinski definition) is 2. The van der Waals surface area contributed by atoms with E-state index < -0.39 is 0 Å². The molecule has 0 aromatic rings. The maximum atomic E-state index is 3.69. The van der Waals surface area contributed by atoms with Crippen LogP contribution in [0.25, 0.3) is 0 Å². The van der Waals surface area contributed by atoms with Gasteiger partial charge in [-0.15, -0.1) is 0 Å². The monoisotopic (exact) mass is 161 g/mol. The molecule has 0 aliphatic heterocycles. The summed E-state index contributed by atoms with van der Waals surface area (Å²) in [6.45, 7) is 2.99. The molecule has 0 aliphatic rings. The number of halogens is 4. The minimum Gasteiger partial charge on any atom is -1.00 e. The number of rotatable bonds is 1. The Morgan fingerprint density at radius 2 is 1.20 bits per heavy atom. The Morgan fingerprint density at radius 3 is 1.20 bits per heavy atom. The van der Waals surface area contributed by atoms with Gasteiger partial charge in [0.25, 0.3) is 0 Å². The van der Waals surface area contributed by atoms with Gasteiger partial charge in [0, 0.05) is 0 Å². The normalized spacial score (nSPS) is 7.50. The molecule has 1 atom stereocenters. The maximum absolute atomic E-state index is 3.69. The zero-order chi connectivity index (χ0) is 4.28. The van der Waals surface area contributed by atoms with Crippen LogP contribution >= 0.6 is 0 Å². The molecule has 0 aromatic heterocycles. The van der Waals surface area contributed by atoms with Gasteiger partial charge in [-0.2, -0.15) is 0 Å². The van der Waals surface area contributed by atoms with Crippen LogP contribution in [0.15, 0.2) is 0 Å². The van der Waals surface area contributed by atoms with Gasteiger partial charge in [0.15, 0.2) is 0 Å². The summed E-state index contributed by atoms with van der Waals surface area (Å²) in [5, 5.41) is 0. The Morgan fingerprint density at radius 1 is 1.10 bits per heavy atom. The second-order valence-electron chi connectivity index (χ2n) is 1.39. The fourth-order valence-electron chi connectivity index (χ4n) is 0. The molecular weight excluding hydrogens is 149 g/mol. The fourth-order valence-corrected chi connectivity index (χ4v) is 0. The second kappa shape index (κ2) is 37.0. The van der Waals surface area contributed by atoms with E-state index in [2.05, 4.69) is 11.5 Å². The van der Waals surface area contributed by atoms with E-state index >= 15 is 0 Å². The predicted molar refractivity (Wildman–Crippen MR) is 25.9 cm³/mol. The number of quaternary nitrogens is 2. The molecule has 0 saturated heterocycles. The summed E-state index contributed by atoms with van der Waals surface area (Å²) in [5.41, 5.74) is 7.32. The van der Waals surface area contributed by atoms with Crippen LogP contribution < -0.4 is 30.3 Å². The van der Waals surface area contributed by atoms with Crippen LogP contribution in [0.1, 0.15) is 6.92 Å². The van der Waals surface area contributed by atoms with Gasteiger partial charge in [0.05, 0.1) is 0 Å². The Labute approximate surface area is 61.0 Å². The molecule has 64 valence electrons. The first-order chi connectivity index (χ1) is 2.27. The summed E-state index contributed by atoms with van der Waals surface area (Å²) in [7, 11) is 0. The standard InChI is InChI=1S/C3H10N2.Be.4FH/c1-3(5)2-4;;;;;/h3H,2,4-5H2,1H3;;4*1H/q;+2;;;;/p-2/t3-;;;;;/m0...../s1. The molecule has 0 aliphatic carbocycles. The third-order valence-electron chi connectivity index (χ3n) is 0.493. The van der Waals surface area contributed by atoms with E-state index in [0.717, 1.165) is 6.54 Å². The van der Waals surface area contributed by atoms with E-state index in [1.165, 1.54) is 0 Å². The van der Waals surface area contributed by atoms with E-state index in [-0.39, 0.29) is 28.9 Å². The Hall–Kier alpha value is -0.191. The Balaban J connectivity index is -0.00000000800. The zero-order valence-corrected chi connectivity index (χ0v) is 5.92. The molecule has 7 heteroatoms. The molecule has 0 rings (SSSR count). The van der Waals surface area contributed by atoms with E-state index in [0.29, 0.717) is 6.04 Å². The molecule has 0 radical (unpaired) electrons. The smallest absolute Gasteiger partial charge is 1.00 e. The van der Waals surface area contributed by atoms with Crippen LogP contribution in [0, 0.1) is 0 Å². The van der Waals surface area contributed by atoms with Crippen LogP contribution in [0.5, 0.6) is 0 Å². The van der Waals surface area contributed by atoms with Crippen LogP contribution in [-0.2, 0) is 0 Å². The van der Waals surface area contributed by atoms with Crippen LogP contribution in [0.4, 0.5) is 0 Å². The average Bonchev–Trinajstić information content (AvgIpc) is 1.38. The summed E-state index contributed by atoms with van der Waals surface area (Å²) in [6, 6.07) is 0.523. The largest absolute Gasteiger partial charge is 2.00 e. The van der Waals surface area contributed by atoms with Crippen molar-refractivity contribution < 1.29 is 30.3 Å². The third kappa shape index (κ3) is 111. The Kier molecular flexibility index (Phi) is 194. The molecule has 6 N–H and O–H groups in total. The molecule has 0 fully saturated rings. The SMILES string of the molecule is C[C@H]([NH3+])C[NH3+].[Be+2].[F-].[F-].[F-].[F-]. The van der Waals surface area contributed by atoms with Gasteiger partial charge in [-0.25, -0.2) is 0 Å². The molecule has 2 nitrogen and oxygen atoms in total. The summed E-state index contributed by atoms with van der Waals surface area (Å²) < 4.78 is 0. The molecule has 0 heterocycles. The van der Waals surface area contributed by atoms with Gasteiger partial charge in [-0.3, -0.25) is 0 Å². The molecule has 10 heavy (non-hydrogen) atoms. The predicted octanol–water partition coefficient (Wildman–Crippen LogP) is -14.5. The van der Waals surface area contributed by atoms with Crippen molar-refractivity contribution in [1.29, 1.82) is 0 Å². The van der Waals surface area contributed by atoms with E-state index in [1.54, 1.807) is 0 Å². The van der Waals surface area contributed by atoms with Gasteiger partial charge in [0.2, 0.25) is 0 Å². The summed E-state index contributed by atoms with van der Waals surface area (Å²) >= 11 is 0.